The Balaban J connectivity index is 1.90. The van der Waals surface area contributed by atoms with E-state index in [1.54, 1.807) is 6.92 Å². The van der Waals surface area contributed by atoms with Gasteiger partial charge in [0.05, 0.1) is 28.4 Å². The Bertz CT molecular complexity index is 831. The lowest BCUT2D eigenvalue weighted by atomic mass is 9.72. The van der Waals surface area contributed by atoms with E-state index in [-0.39, 0.29) is 17.4 Å². The summed E-state index contributed by atoms with van der Waals surface area (Å²) in [5.74, 6) is 0.284. The van der Waals surface area contributed by atoms with Crippen LogP contribution in [0.2, 0.25) is 0 Å². The van der Waals surface area contributed by atoms with E-state index in [4.69, 9.17) is 10.5 Å². The summed E-state index contributed by atoms with van der Waals surface area (Å²) in [6, 6.07) is 5.58. The van der Waals surface area contributed by atoms with E-state index < -0.39 is 5.97 Å². The van der Waals surface area contributed by atoms with Crippen molar-refractivity contribution in [3.8, 4) is 5.75 Å². The van der Waals surface area contributed by atoms with E-state index in [0.29, 0.717) is 33.7 Å². The van der Waals surface area contributed by atoms with Crippen molar-refractivity contribution in [3.05, 3.63) is 29.5 Å². The lowest BCUT2D eigenvalue weighted by molar-refractivity contribution is 0.0697. The second-order valence-electron chi connectivity index (χ2n) is 8.40. The SMILES string of the molecule is Cc1nc2cccc(OC3CCC(C(C)(C)C)CC3)c2c(N)c1C(=O)O. The number of hydrogen-bond donors (Lipinski definition) is 2. The highest BCUT2D eigenvalue weighted by Gasteiger charge is 2.31. The van der Waals surface area contributed by atoms with Crippen molar-refractivity contribution in [3.63, 3.8) is 0 Å². The molecule has 26 heavy (non-hydrogen) atoms. The van der Waals surface area contributed by atoms with Crippen molar-refractivity contribution >= 4 is 22.6 Å². The molecule has 1 aromatic heterocycles. The second kappa shape index (κ2) is 6.78. The number of nitrogens with zero attached hydrogens (tertiary/aromatic N) is 1. The molecule has 2 aromatic rings. The van der Waals surface area contributed by atoms with Gasteiger partial charge in [0.25, 0.3) is 0 Å². The van der Waals surface area contributed by atoms with Crippen LogP contribution < -0.4 is 10.5 Å². The maximum Gasteiger partial charge on any atom is 0.339 e. The second-order valence-corrected chi connectivity index (χ2v) is 8.40. The fourth-order valence-corrected chi connectivity index (χ4v) is 4.03. The molecule has 0 unspecified atom stereocenters. The summed E-state index contributed by atoms with van der Waals surface area (Å²) < 4.78 is 6.27. The zero-order valence-corrected chi connectivity index (χ0v) is 16.0. The molecule has 0 saturated heterocycles. The third-order valence-electron chi connectivity index (χ3n) is 5.60. The number of aryl methyl sites for hydroxylation is 1. The summed E-state index contributed by atoms with van der Waals surface area (Å²) in [6.45, 7) is 8.56. The lowest BCUT2D eigenvalue weighted by Crippen LogP contribution is -2.30. The highest BCUT2D eigenvalue weighted by Crippen LogP contribution is 2.40. The van der Waals surface area contributed by atoms with Crippen LogP contribution in [-0.2, 0) is 0 Å². The summed E-state index contributed by atoms with van der Waals surface area (Å²) in [7, 11) is 0. The number of pyridine rings is 1. The highest BCUT2D eigenvalue weighted by molar-refractivity contribution is 6.06. The molecule has 0 bridgehead atoms. The van der Waals surface area contributed by atoms with E-state index in [2.05, 4.69) is 25.8 Å². The fourth-order valence-electron chi connectivity index (χ4n) is 4.03. The standard InChI is InChI=1S/C21H28N2O3/c1-12-17(20(24)25)19(22)18-15(23-12)6-5-7-16(18)26-14-10-8-13(9-11-14)21(2,3)4/h5-7,13-14H,8-11H2,1-4H3,(H2,22,23)(H,24,25). The van der Waals surface area contributed by atoms with Crippen LogP contribution in [0.3, 0.4) is 0 Å². The van der Waals surface area contributed by atoms with Crippen molar-refractivity contribution < 1.29 is 14.6 Å². The first-order chi connectivity index (χ1) is 12.2. The van der Waals surface area contributed by atoms with Gasteiger partial charge in [-0.25, -0.2) is 4.79 Å². The molecule has 5 nitrogen and oxygen atoms in total. The first kappa shape index (κ1) is 18.5. The molecule has 0 aliphatic heterocycles. The molecule has 1 aliphatic rings. The number of nitrogens with two attached hydrogens (primary N) is 1. The molecule has 1 saturated carbocycles. The van der Waals surface area contributed by atoms with Crippen LogP contribution in [0, 0.1) is 18.3 Å². The van der Waals surface area contributed by atoms with Crippen LogP contribution in [-0.4, -0.2) is 22.2 Å². The Hall–Kier alpha value is -2.30. The lowest BCUT2D eigenvalue weighted by Gasteiger charge is -2.37. The van der Waals surface area contributed by atoms with Gasteiger partial charge in [-0.3, -0.25) is 4.98 Å². The summed E-state index contributed by atoms with van der Waals surface area (Å²) >= 11 is 0. The Morgan fingerprint density at radius 2 is 1.88 bits per heavy atom. The number of aromatic nitrogens is 1. The Kier molecular flexibility index (Phi) is 4.82. The van der Waals surface area contributed by atoms with E-state index in [9.17, 15) is 9.90 Å². The maximum absolute atomic E-state index is 11.6. The van der Waals surface area contributed by atoms with Gasteiger partial charge in [0.15, 0.2) is 0 Å². The van der Waals surface area contributed by atoms with Gasteiger partial charge in [0.1, 0.15) is 11.3 Å². The van der Waals surface area contributed by atoms with Crippen LogP contribution in [0.5, 0.6) is 5.75 Å². The molecular weight excluding hydrogens is 328 g/mol. The van der Waals surface area contributed by atoms with Gasteiger partial charge in [-0.05, 0) is 56.1 Å². The van der Waals surface area contributed by atoms with E-state index in [1.165, 1.54) is 0 Å². The largest absolute Gasteiger partial charge is 0.490 e. The van der Waals surface area contributed by atoms with Crippen LogP contribution in [0.4, 0.5) is 5.69 Å². The highest BCUT2D eigenvalue weighted by atomic mass is 16.5. The number of carbonyl (C=O) groups is 1. The monoisotopic (exact) mass is 356 g/mol. The molecule has 3 N–H and O–H groups in total. The Morgan fingerprint density at radius 1 is 1.23 bits per heavy atom. The average Bonchev–Trinajstić information content (AvgIpc) is 2.54. The third kappa shape index (κ3) is 3.48. The van der Waals surface area contributed by atoms with Crippen molar-refractivity contribution in [2.75, 3.05) is 5.73 Å². The summed E-state index contributed by atoms with van der Waals surface area (Å²) in [5.41, 5.74) is 7.92. The summed E-state index contributed by atoms with van der Waals surface area (Å²) in [6.07, 6.45) is 4.43. The minimum Gasteiger partial charge on any atom is -0.490 e. The molecule has 140 valence electrons. The van der Waals surface area contributed by atoms with Gasteiger partial charge in [-0.2, -0.15) is 0 Å². The minimum absolute atomic E-state index is 0.0602. The number of benzene rings is 1. The molecule has 1 aliphatic carbocycles. The van der Waals surface area contributed by atoms with Gasteiger partial charge in [0.2, 0.25) is 0 Å². The number of hydrogen-bond acceptors (Lipinski definition) is 4. The number of carboxylic acid groups (broad SMARTS) is 1. The maximum atomic E-state index is 11.6. The van der Waals surface area contributed by atoms with Gasteiger partial charge in [0, 0.05) is 0 Å². The first-order valence-electron chi connectivity index (χ1n) is 9.27. The predicted octanol–water partition coefficient (Wildman–Crippen LogP) is 4.81. The zero-order valence-electron chi connectivity index (χ0n) is 16.0. The summed E-state index contributed by atoms with van der Waals surface area (Å²) in [4.78, 5) is 16.0. The topological polar surface area (TPSA) is 85.4 Å². The van der Waals surface area contributed by atoms with Gasteiger partial charge in [-0.1, -0.05) is 26.8 Å². The van der Waals surface area contributed by atoms with Crippen molar-refractivity contribution in [2.24, 2.45) is 11.3 Å². The molecule has 5 heteroatoms. The molecule has 0 atom stereocenters. The normalized spacial score (nSPS) is 20.9. The van der Waals surface area contributed by atoms with Crippen LogP contribution in [0.25, 0.3) is 10.9 Å². The van der Waals surface area contributed by atoms with Crippen molar-refractivity contribution in [2.45, 2.75) is 59.5 Å². The third-order valence-corrected chi connectivity index (χ3v) is 5.60. The molecule has 1 fully saturated rings. The van der Waals surface area contributed by atoms with Crippen molar-refractivity contribution in [1.29, 1.82) is 0 Å². The molecule has 1 heterocycles. The van der Waals surface area contributed by atoms with Crippen LogP contribution >= 0.6 is 0 Å². The van der Waals surface area contributed by atoms with E-state index in [0.717, 1.165) is 25.7 Å². The van der Waals surface area contributed by atoms with Crippen LogP contribution in [0.15, 0.2) is 18.2 Å². The number of nitrogen functional groups attached to an aromatic ring is 1. The number of aromatic carboxylic acids is 1. The first-order valence-corrected chi connectivity index (χ1v) is 9.27. The van der Waals surface area contributed by atoms with Gasteiger partial charge >= 0.3 is 5.97 Å². The molecule has 0 amide bonds. The molecular formula is C21H28N2O3. The van der Waals surface area contributed by atoms with Gasteiger partial charge < -0.3 is 15.6 Å². The number of ether oxygens (including phenoxy) is 1. The molecule has 0 spiro atoms. The Morgan fingerprint density at radius 3 is 2.46 bits per heavy atom. The number of carboxylic acids is 1. The summed E-state index contributed by atoms with van der Waals surface area (Å²) in [5, 5.41) is 10.1. The molecule has 3 rings (SSSR count). The smallest absolute Gasteiger partial charge is 0.339 e. The Labute approximate surface area is 154 Å². The van der Waals surface area contributed by atoms with Crippen molar-refractivity contribution in [1.82, 2.24) is 4.98 Å². The zero-order chi connectivity index (χ0) is 19.1. The van der Waals surface area contributed by atoms with E-state index in [1.807, 2.05) is 18.2 Å². The predicted molar refractivity (Wildman–Crippen MR) is 104 cm³/mol. The van der Waals surface area contributed by atoms with Crippen LogP contribution in [0.1, 0.15) is 62.5 Å². The molecule has 0 radical (unpaired) electrons. The average molecular weight is 356 g/mol. The number of fused-ring (bicyclic) bond motifs is 1. The number of rotatable bonds is 3. The fraction of sp³-hybridized carbons (Fsp3) is 0.524. The van der Waals surface area contributed by atoms with Gasteiger partial charge in [-0.15, -0.1) is 0 Å². The van der Waals surface area contributed by atoms with E-state index >= 15 is 0 Å². The number of anilines is 1. The molecule has 1 aromatic carbocycles. The minimum atomic E-state index is -1.06. The quantitative estimate of drug-likeness (QED) is 0.824.